The highest BCUT2D eigenvalue weighted by Crippen LogP contribution is 2.32. The number of hydrogen-bond donors (Lipinski definition) is 1. The van der Waals surface area contributed by atoms with Gasteiger partial charge in [0.1, 0.15) is 24.1 Å². The Morgan fingerprint density at radius 3 is 2.75 bits per heavy atom. The number of nitrogens with one attached hydrogen (secondary N) is 1. The van der Waals surface area contributed by atoms with Crippen LogP contribution in [0.25, 0.3) is 22.3 Å². The summed E-state index contributed by atoms with van der Waals surface area (Å²) in [6.07, 6.45) is 0.444. The predicted molar refractivity (Wildman–Crippen MR) is 149 cm³/mol. The molecule has 1 saturated heterocycles. The molecule has 40 heavy (non-hydrogen) atoms. The summed E-state index contributed by atoms with van der Waals surface area (Å²) in [4.78, 5) is 39.2. The fourth-order valence-corrected chi connectivity index (χ4v) is 5.73. The first-order chi connectivity index (χ1) is 19.4. The summed E-state index contributed by atoms with van der Waals surface area (Å²) in [5, 5.41) is 3.46. The third kappa shape index (κ3) is 5.09. The highest BCUT2D eigenvalue weighted by atomic mass is 19.1. The first-order valence-corrected chi connectivity index (χ1v) is 13.5. The molecular formula is C30H31FN6O3. The lowest BCUT2D eigenvalue weighted by Gasteiger charge is -2.28. The molecule has 0 spiro atoms. The molecule has 2 amide bonds. The van der Waals surface area contributed by atoms with E-state index in [1.165, 1.54) is 12.1 Å². The van der Waals surface area contributed by atoms with E-state index in [4.69, 9.17) is 9.72 Å². The van der Waals surface area contributed by atoms with Gasteiger partial charge in [-0.15, -0.1) is 0 Å². The van der Waals surface area contributed by atoms with E-state index in [2.05, 4.69) is 10.3 Å². The number of hydrogen-bond acceptors (Lipinski definition) is 6. The number of nitrogens with zero attached hydrogens (tertiary/aromatic N) is 5. The number of fused-ring (bicyclic) bond motifs is 5. The molecule has 2 aromatic heterocycles. The summed E-state index contributed by atoms with van der Waals surface area (Å²) in [7, 11) is 1.76. The molecule has 1 N–H and O–H groups in total. The third-order valence-electron chi connectivity index (χ3n) is 7.69. The van der Waals surface area contributed by atoms with Crippen molar-refractivity contribution in [3.8, 4) is 11.3 Å². The molecule has 0 aliphatic carbocycles. The predicted octanol–water partition coefficient (Wildman–Crippen LogP) is 4.60. The maximum atomic E-state index is 14.7. The number of benzene rings is 2. The van der Waals surface area contributed by atoms with Crippen molar-refractivity contribution in [3.63, 3.8) is 0 Å². The van der Waals surface area contributed by atoms with Crippen LogP contribution in [-0.2, 0) is 22.7 Å². The molecule has 0 saturated carbocycles. The Balaban J connectivity index is 1.33. The van der Waals surface area contributed by atoms with E-state index < -0.39 is 11.9 Å². The number of carbonyl (C=O) groups excluding carboxylic acids is 2. The summed E-state index contributed by atoms with van der Waals surface area (Å²) in [5.74, 6) is 0.874. The number of ether oxygens (including phenoxy) is 1. The number of halogens is 1. The molecule has 6 rings (SSSR count). The molecule has 4 aromatic rings. The lowest BCUT2D eigenvalue weighted by Crippen LogP contribution is -2.44. The first-order valence-electron chi connectivity index (χ1n) is 13.5. The molecule has 2 aromatic carbocycles. The summed E-state index contributed by atoms with van der Waals surface area (Å²) in [5.41, 5.74) is 3.40. The molecule has 4 heterocycles. The molecule has 9 nitrogen and oxygen atoms in total. The van der Waals surface area contributed by atoms with Crippen molar-refractivity contribution in [2.45, 2.75) is 45.0 Å². The van der Waals surface area contributed by atoms with Gasteiger partial charge in [0.25, 0.3) is 0 Å². The van der Waals surface area contributed by atoms with E-state index in [1.54, 1.807) is 16.8 Å². The quantitative estimate of drug-likeness (QED) is 0.398. The minimum Gasteiger partial charge on any atom is -0.445 e. The van der Waals surface area contributed by atoms with Crippen LogP contribution in [0.4, 0.5) is 15.0 Å². The molecule has 0 unspecified atom stereocenters. The standard InChI is InChI=1S/C30H31FN6O3/c1-19-32-26-14-21(31)13-24-25-9-6-10-27(34-25)33-22-15-23(17-35(2)28(38)11-12-36(19)29(24)26)37(16-22)30(39)40-18-20-7-4-3-5-8-20/h3-10,13-14,22-23H,11-12,15-18H2,1-2H3,(H,33,34)/t22-,23-/m0/s1. The van der Waals surface area contributed by atoms with E-state index in [9.17, 15) is 14.0 Å². The zero-order chi connectivity index (χ0) is 27.8. The van der Waals surface area contributed by atoms with E-state index in [1.807, 2.05) is 60.0 Å². The van der Waals surface area contributed by atoms with Gasteiger partial charge in [0.2, 0.25) is 5.91 Å². The van der Waals surface area contributed by atoms with Crippen molar-refractivity contribution >= 4 is 28.9 Å². The second kappa shape index (κ2) is 10.6. The second-order valence-electron chi connectivity index (χ2n) is 10.5. The Kier molecular flexibility index (Phi) is 6.83. The molecule has 2 atom stereocenters. The Bertz CT molecular complexity index is 1570. The number of pyridine rings is 1. The Hall–Kier alpha value is -4.47. The lowest BCUT2D eigenvalue weighted by atomic mass is 10.1. The average molecular weight is 543 g/mol. The van der Waals surface area contributed by atoms with Gasteiger partial charge in [-0.2, -0.15) is 0 Å². The monoisotopic (exact) mass is 542 g/mol. The van der Waals surface area contributed by atoms with Crippen LogP contribution < -0.4 is 5.32 Å². The van der Waals surface area contributed by atoms with Crippen LogP contribution >= 0.6 is 0 Å². The van der Waals surface area contributed by atoms with Crippen molar-refractivity contribution in [3.05, 3.63) is 77.9 Å². The summed E-state index contributed by atoms with van der Waals surface area (Å²) < 4.78 is 22.3. The van der Waals surface area contributed by atoms with Gasteiger partial charge in [0, 0.05) is 50.8 Å². The van der Waals surface area contributed by atoms with Gasteiger partial charge in [0.15, 0.2) is 0 Å². The molecule has 1 fully saturated rings. The molecule has 0 radical (unpaired) electrons. The number of aromatic nitrogens is 3. The largest absolute Gasteiger partial charge is 0.445 e. The summed E-state index contributed by atoms with van der Waals surface area (Å²) in [6, 6.07) is 17.7. The van der Waals surface area contributed by atoms with Gasteiger partial charge >= 0.3 is 6.09 Å². The minimum atomic E-state index is -0.414. The SMILES string of the molecule is Cc1nc2cc(F)cc3c2n1CCC(=O)N(C)C[C@@H]1C[C@@H](CN1C(=O)OCc1ccccc1)Nc1cccc-3n1. The average Bonchev–Trinajstić information content (AvgIpc) is 3.49. The van der Waals surface area contributed by atoms with Gasteiger partial charge < -0.3 is 24.4 Å². The van der Waals surface area contributed by atoms with Crippen LogP contribution in [-0.4, -0.2) is 68.6 Å². The van der Waals surface area contributed by atoms with E-state index in [-0.39, 0.29) is 31.0 Å². The van der Waals surface area contributed by atoms with Gasteiger partial charge in [0.05, 0.1) is 22.8 Å². The highest BCUT2D eigenvalue weighted by molar-refractivity contribution is 5.92. The Morgan fingerprint density at radius 2 is 1.93 bits per heavy atom. The molecule has 2 aliphatic rings. The summed E-state index contributed by atoms with van der Waals surface area (Å²) in [6.45, 7) is 3.20. The van der Waals surface area contributed by atoms with Crippen LogP contribution in [0, 0.1) is 12.7 Å². The molecular weight excluding hydrogens is 511 g/mol. The number of aryl methyl sites for hydroxylation is 2. The number of rotatable bonds is 2. The molecule has 10 heteroatoms. The van der Waals surface area contributed by atoms with Gasteiger partial charge in [-0.05, 0) is 37.1 Å². The van der Waals surface area contributed by atoms with Crippen LogP contribution in [0.2, 0.25) is 0 Å². The fraction of sp³-hybridized carbons (Fsp3) is 0.333. The second-order valence-corrected chi connectivity index (χ2v) is 10.5. The zero-order valence-corrected chi connectivity index (χ0v) is 22.5. The van der Waals surface area contributed by atoms with Gasteiger partial charge in [-0.1, -0.05) is 36.4 Å². The number of amides is 2. The van der Waals surface area contributed by atoms with Gasteiger partial charge in [-0.25, -0.2) is 19.2 Å². The fourth-order valence-electron chi connectivity index (χ4n) is 5.73. The zero-order valence-electron chi connectivity index (χ0n) is 22.5. The topological polar surface area (TPSA) is 92.6 Å². The highest BCUT2D eigenvalue weighted by Gasteiger charge is 2.37. The molecule has 2 aliphatic heterocycles. The van der Waals surface area contributed by atoms with E-state index >= 15 is 0 Å². The van der Waals surface area contributed by atoms with Crippen molar-refractivity contribution in [1.29, 1.82) is 0 Å². The maximum Gasteiger partial charge on any atom is 0.410 e. The Morgan fingerprint density at radius 1 is 1.10 bits per heavy atom. The Labute approximate surface area is 231 Å². The van der Waals surface area contributed by atoms with E-state index in [0.29, 0.717) is 54.5 Å². The number of anilines is 1. The molecule has 206 valence electrons. The lowest BCUT2D eigenvalue weighted by molar-refractivity contribution is -0.130. The van der Waals surface area contributed by atoms with Crippen molar-refractivity contribution < 1.29 is 18.7 Å². The smallest absolute Gasteiger partial charge is 0.410 e. The maximum absolute atomic E-state index is 14.7. The normalized spacial score (nSPS) is 19.2. The first kappa shape index (κ1) is 25.8. The molecule has 4 bridgehead atoms. The van der Waals surface area contributed by atoms with Crippen LogP contribution in [0.3, 0.4) is 0 Å². The van der Waals surface area contributed by atoms with Crippen LogP contribution in [0.5, 0.6) is 0 Å². The third-order valence-corrected chi connectivity index (χ3v) is 7.69. The van der Waals surface area contributed by atoms with Crippen LogP contribution in [0.15, 0.2) is 60.7 Å². The minimum absolute atomic E-state index is 0.0486. The van der Waals surface area contributed by atoms with Crippen molar-refractivity contribution in [2.24, 2.45) is 0 Å². The summed E-state index contributed by atoms with van der Waals surface area (Å²) >= 11 is 0. The number of imidazole rings is 1. The number of carbonyl (C=O) groups is 2. The number of likely N-dealkylation sites (tertiary alicyclic amines) is 1. The van der Waals surface area contributed by atoms with Crippen molar-refractivity contribution in [2.75, 3.05) is 25.5 Å². The van der Waals surface area contributed by atoms with Crippen molar-refractivity contribution in [1.82, 2.24) is 24.3 Å². The van der Waals surface area contributed by atoms with E-state index in [0.717, 1.165) is 11.1 Å². The van der Waals surface area contributed by atoms with Gasteiger partial charge in [-0.3, -0.25) is 4.79 Å². The van der Waals surface area contributed by atoms with Crippen LogP contribution in [0.1, 0.15) is 24.2 Å². The number of likely N-dealkylation sites (N-methyl/N-ethyl adjacent to an activating group) is 1.